The van der Waals surface area contributed by atoms with Crippen molar-refractivity contribution in [2.75, 3.05) is 0 Å². The second-order valence-electron chi connectivity index (χ2n) is 0.895. The van der Waals surface area contributed by atoms with Crippen LogP contribution < -0.4 is 0 Å². The van der Waals surface area contributed by atoms with Crippen LogP contribution in [-0.4, -0.2) is 25.7 Å². The van der Waals surface area contributed by atoms with Crippen LogP contribution in [0.3, 0.4) is 0 Å². The lowest BCUT2D eigenvalue weighted by Crippen LogP contribution is -1.91. The van der Waals surface area contributed by atoms with Crippen LogP contribution in [0.15, 0.2) is 6.33 Å². The molecule has 0 saturated carbocycles. The van der Waals surface area contributed by atoms with Crippen LogP contribution >= 0.6 is 12.2 Å². The normalized spacial score (nSPS) is 8.57. The van der Waals surface area contributed by atoms with Gasteiger partial charge in [-0.2, -0.15) is 4.68 Å². The lowest BCUT2D eigenvalue weighted by Gasteiger charge is -1.73. The number of aromatic nitrogens is 4. The quantitative estimate of drug-likeness (QED) is 0.461. The number of hydrogen-bond donors (Lipinski definition) is 0. The molecule has 4 nitrogen and oxygen atoms in total. The smallest absolute Gasteiger partial charge is 0.144 e. The van der Waals surface area contributed by atoms with Crippen molar-refractivity contribution in [3.8, 4) is 0 Å². The Morgan fingerprint density at radius 3 is 2.86 bits per heavy atom. The van der Waals surface area contributed by atoms with Gasteiger partial charge < -0.3 is 0 Å². The van der Waals surface area contributed by atoms with Crippen LogP contribution in [0.5, 0.6) is 0 Å². The minimum Gasteiger partial charge on any atom is -0.197 e. The summed E-state index contributed by atoms with van der Waals surface area (Å²) in [5.74, 6) is 0. The highest BCUT2D eigenvalue weighted by molar-refractivity contribution is 7.78. The first-order valence-electron chi connectivity index (χ1n) is 1.61. The van der Waals surface area contributed by atoms with Crippen LogP contribution in [0, 0.1) is 0 Å². The second kappa shape index (κ2) is 1.74. The Hall–Kier alpha value is -0.840. The first-order chi connectivity index (χ1) is 3.43. The Morgan fingerprint density at radius 2 is 2.57 bits per heavy atom. The zero-order valence-electron chi connectivity index (χ0n) is 3.35. The van der Waals surface area contributed by atoms with Crippen molar-refractivity contribution in [2.24, 2.45) is 0 Å². The van der Waals surface area contributed by atoms with Crippen molar-refractivity contribution >= 4 is 17.7 Å². The topological polar surface area (TPSA) is 43.6 Å². The summed E-state index contributed by atoms with van der Waals surface area (Å²) in [7, 11) is 0. The highest BCUT2D eigenvalue weighted by Gasteiger charge is 1.77. The fourth-order valence-electron chi connectivity index (χ4n) is 0.217. The van der Waals surface area contributed by atoms with Crippen molar-refractivity contribution in [3.63, 3.8) is 0 Å². The van der Waals surface area contributed by atoms with Crippen molar-refractivity contribution in [1.29, 1.82) is 0 Å². The zero-order chi connectivity index (χ0) is 5.11. The molecule has 0 spiro atoms. The Bertz CT molecular complexity index is 145. The average Bonchev–Trinajstić information content (AvgIpc) is 2.14. The van der Waals surface area contributed by atoms with Crippen LogP contribution in [-0.2, 0) is 0 Å². The fourth-order valence-corrected chi connectivity index (χ4v) is 0.313. The predicted octanol–water partition coefficient (Wildman–Crippen LogP) is -0.522. The summed E-state index contributed by atoms with van der Waals surface area (Å²) in [6, 6.07) is 0. The first-order valence-corrected chi connectivity index (χ1v) is 2.08. The van der Waals surface area contributed by atoms with Crippen LogP contribution in [0.1, 0.15) is 0 Å². The summed E-state index contributed by atoms with van der Waals surface area (Å²) in [6.07, 6.45) is 1.42. The van der Waals surface area contributed by atoms with Gasteiger partial charge in [0.1, 0.15) is 6.33 Å². The molecule has 7 heavy (non-hydrogen) atoms. The number of hydrogen-bond acceptors (Lipinski definition) is 4. The van der Waals surface area contributed by atoms with E-state index >= 15 is 0 Å². The summed E-state index contributed by atoms with van der Waals surface area (Å²) in [4.78, 5) is 0. The fraction of sp³-hybridized carbons (Fsp3) is 0. The van der Waals surface area contributed by atoms with E-state index in [1.807, 2.05) is 0 Å². The minimum absolute atomic E-state index is 1.34. The molecule has 1 heterocycles. The monoisotopic (exact) mass is 114 g/mol. The van der Waals surface area contributed by atoms with Crippen LogP contribution in [0.2, 0.25) is 0 Å². The van der Waals surface area contributed by atoms with Crippen molar-refractivity contribution < 1.29 is 0 Å². The molecule has 1 rings (SSSR count). The lowest BCUT2D eigenvalue weighted by atomic mass is 11.2. The van der Waals surface area contributed by atoms with Gasteiger partial charge >= 0.3 is 0 Å². The zero-order valence-corrected chi connectivity index (χ0v) is 4.17. The summed E-state index contributed by atoms with van der Waals surface area (Å²) < 4.78 is 1.34. The first kappa shape index (κ1) is 4.32. The summed E-state index contributed by atoms with van der Waals surface area (Å²) in [5, 5.41) is 10.1. The van der Waals surface area contributed by atoms with Gasteiger partial charge in [0.15, 0.2) is 0 Å². The molecule has 0 aliphatic rings. The molecule has 1 aromatic rings. The molecule has 0 radical (unpaired) electrons. The van der Waals surface area contributed by atoms with E-state index in [1.165, 1.54) is 16.5 Å². The third-order valence-corrected chi connectivity index (χ3v) is 0.689. The molecular formula is C2H2N4S. The van der Waals surface area contributed by atoms with E-state index in [1.54, 1.807) is 0 Å². The molecule has 0 aliphatic heterocycles. The van der Waals surface area contributed by atoms with Gasteiger partial charge in [-0.1, -0.05) is 12.2 Å². The molecule has 0 aromatic carbocycles. The number of thiocarbonyl (C=S) groups is 1. The Morgan fingerprint density at radius 1 is 1.71 bits per heavy atom. The third-order valence-electron chi connectivity index (χ3n) is 0.473. The SMILES string of the molecule is S=Cn1cnnn1. The van der Waals surface area contributed by atoms with Gasteiger partial charge in [-0.25, -0.2) is 0 Å². The van der Waals surface area contributed by atoms with Gasteiger partial charge in [-0.3, -0.25) is 0 Å². The van der Waals surface area contributed by atoms with Gasteiger partial charge in [0, 0.05) is 0 Å². The molecule has 0 N–H and O–H groups in total. The van der Waals surface area contributed by atoms with Crippen molar-refractivity contribution in [1.82, 2.24) is 20.2 Å². The van der Waals surface area contributed by atoms with E-state index in [2.05, 4.69) is 27.7 Å². The minimum atomic E-state index is 1.34. The maximum Gasteiger partial charge on any atom is 0.144 e. The number of tetrazole rings is 1. The lowest BCUT2D eigenvalue weighted by molar-refractivity contribution is 0.835. The van der Waals surface area contributed by atoms with Crippen LogP contribution in [0.25, 0.3) is 0 Å². The molecule has 0 saturated heterocycles. The van der Waals surface area contributed by atoms with Crippen molar-refractivity contribution in [2.45, 2.75) is 0 Å². The standard InChI is InChI=1S/C2H2N4S/c7-2-6-1-3-4-5-6/h1-2H. The highest BCUT2D eigenvalue weighted by Crippen LogP contribution is 1.63. The van der Waals surface area contributed by atoms with E-state index in [0.717, 1.165) is 0 Å². The van der Waals surface area contributed by atoms with Gasteiger partial charge in [0.25, 0.3) is 0 Å². The molecular weight excluding hydrogens is 112 g/mol. The second-order valence-corrected chi connectivity index (χ2v) is 1.11. The van der Waals surface area contributed by atoms with Crippen molar-refractivity contribution in [3.05, 3.63) is 6.33 Å². The van der Waals surface area contributed by atoms with E-state index in [4.69, 9.17) is 0 Å². The number of nitrogens with zero attached hydrogens (tertiary/aromatic N) is 4. The van der Waals surface area contributed by atoms with E-state index < -0.39 is 0 Å². The molecule has 36 valence electrons. The molecule has 0 atom stereocenters. The maximum absolute atomic E-state index is 4.47. The Labute approximate surface area is 45.1 Å². The Kier molecular flexibility index (Phi) is 1.08. The van der Waals surface area contributed by atoms with E-state index in [9.17, 15) is 0 Å². The summed E-state index contributed by atoms with van der Waals surface area (Å²) in [5.41, 5.74) is 1.35. The Balaban J connectivity index is 2.96. The molecule has 0 aliphatic carbocycles. The molecule has 1 aromatic heterocycles. The highest BCUT2D eigenvalue weighted by atomic mass is 32.1. The van der Waals surface area contributed by atoms with Gasteiger partial charge in [-0.15, -0.1) is 5.10 Å². The van der Waals surface area contributed by atoms with Crippen LogP contribution in [0.4, 0.5) is 0 Å². The molecule has 0 fully saturated rings. The molecule has 0 bridgehead atoms. The third kappa shape index (κ3) is 0.774. The van der Waals surface area contributed by atoms with Gasteiger partial charge in [0.05, 0.1) is 5.49 Å². The number of rotatable bonds is 1. The molecule has 0 amide bonds. The van der Waals surface area contributed by atoms with Gasteiger partial charge in [-0.05, 0) is 10.4 Å². The maximum atomic E-state index is 4.47. The summed E-state index contributed by atoms with van der Waals surface area (Å²) >= 11 is 4.47. The van der Waals surface area contributed by atoms with Gasteiger partial charge in [0.2, 0.25) is 0 Å². The average molecular weight is 114 g/mol. The summed E-state index contributed by atoms with van der Waals surface area (Å²) in [6.45, 7) is 0. The largest absolute Gasteiger partial charge is 0.197 e. The predicted molar refractivity (Wildman–Crippen MR) is 26.9 cm³/mol. The molecule has 0 unspecified atom stereocenters. The van der Waals surface area contributed by atoms with E-state index in [0.29, 0.717) is 0 Å². The molecule has 5 heteroatoms. The van der Waals surface area contributed by atoms with E-state index in [-0.39, 0.29) is 0 Å².